The van der Waals surface area contributed by atoms with Gasteiger partial charge in [-0.3, -0.25) is 0 Å². The van der Waals surface area contributed by atoms with Gasteiger partial charge in [-0.05, 0) is 31.0 Å². The summed E-state index contributed by atoms with van der Waals surface area (Å²) in [4.78, 5) is 11.1. The minimum atomic E-state index is -4.09. The van der Waals surface area contributed by atoms with Crippen LogP contribution in [0.5, 0.6) is 0 Å². The fourth-order valence-corrected chi connectivity index (χ4v) is 3.24. The molecule has 0 aromatic heterocycles. The first-order valence-electron chi connectivity index (χ1n) is 7.92. The zero-order valence-corrected chi connectivity index (χ0v) is 14.8. The first-order chi connectivity index (χ1) is 11.5. The van der Waals surface area contributed by atoms with E-state index in [1.165, 1.54) is 24.5 Å². The number of carbonyl (C=O) groups is 1. The second-order valence-electron chi connectivity index (χ2n) is 5.92. The molecule has 0 amide bonds. The summed E-state index contributed by atoms with van der Waals surface area (Å²) in [6, 6.07) is 4.09. The summed E-state index contributed by atoms with van der Waals surface area (Å²) in [7, 11) is -3.09. The number of unbranched alkanes of at least 4 members (excludes halogenated alkanes) is 4. The molecule has 0 aliphatic rings. The number of rotatable bonds is 10. The molecular weight excluding hydrogens is 357 g/mol. The Bertz CT molecular complexity index is 688. The molecule has 1 rings (SSSR count). The molecule has 25 heavy (non-hydrogen) atoms. The molecule has 0 aliphatic heterocycles. The third-order valence-electron chi connectivity index (χ3n) is 3.60. The van der Waals surface area contributed by atoms with Crippen molar-refractivity contribution in [3.8, 4) is 0 Å². The van der Waals surface area contributed by atoms with Crippen molar-refractivity contribution in [2.45, 2.75) is 49.6 Å². The van der Waals surface area contributed by atoms with Crippen LogP contribution in [0.2, 0.25) is 0 Å². The van der Waals surface area contributed by atoms with Crippen LogP contribution in [0, 0.1) is 4.78 Å². The molecule has 0 saturated heterocycles. The fourth-order valence-electron chi connectivity index (χ4n) is 2.33. The Balaban J connectivity index is 2.46. The van der Waals surface area contributed by atoms with Gasteiger partial charge in [0.2, 0.25) is 0 Å². The van der Waals surface area contributed by atoms with Crippen LogP contribution in [0.3, 0.4) is 0 Å². The molecule has 142 valence electrons. The molecule has 0 radical (unpaired) electrons. The summed E-state index contributed by atoms with van der Waals surface area (Å²) < 4.78 is 55.7. The van der Waals surface area contributed by atoms with E-state index in [2.05, 4.69) is 5.32 Å². The number of hydrogen-bond acceptors (Lipinski definition) is 4. The van der Waals surface area contributed by atoms with Gasteiger partial charge in [-0.25, -0.2) is 13.8 Å². The Hall–Kier alpha value is -1.77. The van der Waals surface area contributed by atoms with Crippen molar-refractivity contribution >= 4 is 21.4 Å². The molecule has 0 fully saturated rings. The fraction of sp³-hybridized carbons (Fsp3) is 0.562. The van der Waals surface area contributed by atoms with Crippen molar-refractivity contribution < 1.29 is 27.3 Å². The second kappa shape index (κ2) is 9.07. The lowest BCUT2D eigenvalue weighted by Crippen LogP contribution is -2.09. The number of anilines is 1. The largest absolute Gasteiger partial charge is 0.478 e. The second-order valence-corrected chi connectivity index (χ2v) is 8.05. The maximum atomic E-state index is 12.0. The molecule has 5 nitrogen and oxygen atoms in total. The highest BCUT2D eigenvalue weighted by Crippen LogP contribution is 2.24. The van der Waals surface area contributed by atoms with Crippen LogP contribution in [0.15, 0.2) is 23.1 Å². The minimum absolute atomic E-state index is 0.0351. The van der Waals surface area contributed by atoms with E-state index in [0.717, 1.165) is 12.8 Å². The molecule has 1 aromatic carbocycles. The van der Waals surface area contributed by atoms with E-state index in [4.69, 9.17) is 9.89 Å². The van der Waals surface area contributed by atoms with Crippen LogP contribution in [0.4, 0.5) is 18.9 Å². The summed E-state index contributed by atoms with van der Waals surface area (Å²) in [5, 5.41) is 12.0. The molecule has 0 heterocycles. The van der Waals surface area contributed by atoms with Crippen LogP contribution in [0.1, 0.15) is 48.9 Å². The zero-order valence-electron chi connectivity index (χ0n) is 14.0. The highest BCUT2D eigenvalue weighted by Gasteiger charge is 2.25. The van der Waals surface area contributed by atoms with E-state index in [1.54, 1.807) is 0 Å². The minimum Gasteiger partial charge on any atom is -0.478 e. The average molecular weight is 380 g/mol. The SMILES string of the molecule is CS(=N)(=O)c1cc(C(=O)O)ccc1NCCCCCCCC(F)(F)F. The van der Waals surface area contributed by atoms with Crippen LogP contribution in [-0.2, 0) is 9.73 Å². The first kappa shape index (κ1) is 21.3. The van der Waals surface area contributed by atoms with E-state index >= 15 is 0 Å². The topological polar surface area (TPSA) is 90.2 Å². The van der Waals surface area contributed by atoms with Crippen molar-refractivity contribution in [1.29, 1.82) is 4.78 Å². The van der Waals surface area contributed by atoms with Gasteiger partial charge in [-0.2, -0.15) is 13.2 Å². The summed E-state index contributed by atoms with van der Waals surface area (Å²) in [5.41, 5.74) is 0.414. The van der Waals surface area contributed by atoms with Crippen molar-refractivity contribution in [3.63, 3.8) is 0 Å². The van der Waals surface area contributed by atoms with Crippen LogP contribution < -0.4 is 5.32 Å². The van der Waals surface area contributed by atoms with E-state index in [-0.39, 0.29) is 16.9 Å². The predicted molar refractivity (Wildman–Crippen MR) is 90.7 cm³/mol. The van der Waals surface area contributed by atoms with E-state index in [9.17, 15) is 22.2 Å². The lowest BCUT2D eigenvalue weighted by atomic mass is 10.1. The molecule has 3 N–H and O–H groups in total. The number of alkyl halides is 3. The molecule has 1 unspecified atom stereocenters. The molecule has 1 atom stereocenters. The molecule has 0 aliphatic carbocycles. The molecule has 0 bridgehead atoms. The predicted octanol–water partition coefficient (Wildman–Crippen LogP) is 4.74. The summed E-state index contributed by atoms with van der Waals surface area (Å²) in [6.07, 6.45) is -0.791. The number of benzene rings is 1. The lowest BCUT2D eigenvalue weighted by molar-refractivity contribution is -0.135. The Morgan fingerprint density at radius 1 is 1.20 bits per heavy atom. The van der Waals surface area contributed by atoms with Crippen LogP contribution in [-0.4, -0.2) is 34.3 Å². The number of nitrogens with one attached hydrogen (secondary N) is 2. The zero-order chi connectivity index (χ0) is 19.1. The maximum absolute atomic E-state index is 12.0. The Morgan fingerprint density at radius 3 is 2.36 bits per heavy atom. The standard InChI is InChI=1S/C16H23F3N2O3S/c1-25(20,24)14-11-12(15(22)23)7-8-13(14)21-10-6-4-2-3-5-9-16(17,18)19/h7-8,11,20-21H,2-6,9-10H2,1H3,(H,22,23). The molecule has 1 aromatic rings. The van der Waals surface area contributed by atoms with Gasteiger partial charge in [0.25, 0.3) is 0 Å². The highest BCUT2D eigenvalue weighted by atomic mass is 32.2. The van der Waals surface area contributed by atoms with E-state index < -0.39 is 28.3 Å². The normalized spacial score (nSPS) is 14.1. The van der Waals surface area contributed by atoms with Gasteiger partial charge in [0, 0.05) is 19.2 Å². The Morgan fingerprint density at radius 2 is 1.80 bits per heavy atom. The van der Waals surface area contributed by atoms with E-state index in [1.807, 2.05) is 0 Å². The maximum Gasteiger partial charge on any atom is 0.389 e. The van der Waals surface area contributed by atoms with Gasteiger partial charge in [-0.15, -0.1) is 0 Å². The summed E-state index contributed by atoms with van der Waals surface area (Å²) >= 11 is 0. The molecule has 9 heteroatoms. The van der Waals surface area contributed by atoms with E-state index in [0.29, 0.717) is 25.1 Å². The third kappa shape index (κ3) is 8.24. The van der Waals surface area contributed by atoms with Gasteiger partial charge in [-0.1, -0.05) is 19.3 Å². The average Bonchev–Trinajstić information content (AvgIpc) is 2.47. The van der Waals surface area contributed by atoms with Crippen molar-refractivity contribution in [3.05, 3.63) is 23.8 Å². The highest BCUT2D eigenvalue weighted by molar-refractivity contribution is 7.91. The number of halogens is 3. The molecule has 0 spiro atoms. The third-order valence-corrected chi connectivity index (χ3v) is 4.78. The quantitative estimate of drug-likeness (QED) is 0.512. The van der Waals surface area contributed by atoms with Gasteiger partial charge in [0.1, 0.15) is 0 Å². The smallest absolute Gasteiger partial charge is 0.389 e. The molecular formula is C16H23F3N2O3S. The van der Waals surface area contributed by atoms with Crippen molar-refractivity contribution in [2.24, 2.45) is 0 Å². The van der Waals surface area contributed by atoms with Crippen molar-refractivity contribution in [2.75, 3.05) is 18.1 Å². The number of hydrogen-bond donors (Lipinski definition) is 3. The number of carboxylic acid groups (broad SMARTS) is 1. The number of aromatic carboxylic acids is 1. The summed E-state index contributed by atoms with van der Waals surface area (Å²) in [5.74, 6) is -1.16. The van der Waals surface area contributed by atoms with Gasteiger partial charge in [0.15, 0.2) is 0 Å². The number of carboxylic acids is 1. The van der Waals surface area contributed by atoms with Gasteiger partial charge < -0.3 is 10.4 Å². The monoisotopic (exact) mass is 380 g/mol. The van der Waals surface area contributed by atoms with Crippen LogP contribution in [0.25, 0.3) is 0 Å². The van der Waals surface area contributed by atoms with Gasteiger partial charge in [0.05, 0.1) is 25.9 Å². The van der Waals surface area contributed by atoms with Gasteiger partial charge >= 0.3 is 12.1 Å². The Kier molecular flexibility index (Phi) is 7.72. The summed E-state index contributed by atoms with van der Waals surface area (Å²) in [6.45, 7) is 0.508. The van der Waals surface area contributed by atoms with Crippen LogP contribution >= 0.6 is 0 Å². The Labute approximate surface area is 145 Å². The lowest BCUT2D eigenvalue weighted by Gasteiger charge is -2.13. The molecule has 0 saturated carbocycles. The van der Waals surface area contributed by atoms with Crippen molar-refractivity contribution in [1.82, 2.24) is 0 Å². The first-order valence-corrected chi connectivity index (χ1v) is 9.89.